The lowest BCUT2D eigenvalue weighted by molar-refractivity contribution is 0.229. The van der Waals surface area contributed by atoms with Crippen LogP contribution in [0.4, 0.5) is 8.78 Å². The SMILES string of the molecule is CCOP(=O)(OCC)c1c2ccc(F)cc2c(Cc2ccccc2)n1-c1ccc(F)cc1. The van der Waals surface area contributed by atoms with Crippen molar-refractivity contribution in [3.8, 4) is 5.69 Å². The van der Waals surface area contributed by atoms with Gasteiger partial charge in [-0.15, -0.1) is 0 Å². The summed E-state index contributed by atoms with van der Waals surface area (Å²) in [6, 6.07) is 19.9. The second-order valence-corrected chi connectivity index (χ2v) is 9.20. The van der Waals surface area contributed by atoms with Crippen molar-refractivity contribution in [3.05, 3.63) is 95.7 Å². The maximum Gasteiger partial charge on any atom is 0.378 e. The molecule has 0 saturated carbocycles. The topological polar surface area (TPSA) is 40.5 Å². The molecule has 0 saturated heterocycles. The smallest absolute Gasteiger partial charge is 0.306 e. The molecule has 1 heterocycles. The lowest BCUT2D eigenvalue weighted by Crippen LogP contribution is -2.21. The highest BCUT2D eigenvalue weighted by Crippen LogP contribution is 2.50. The highest BCUT2D eigenvalue weighted by atomic mass is 31.2. The molecule has 3 aromatic carbocycles. The first kappa shape index (κ1) is 22.4. The Morgan fingerprint density at radius 1 is 0.812 bits per heavy atom. The first-order valence-corrected chi connectivity index (χ1v) is 12.0. The fourth-order valence-electron chi connectivity index (χ4n) is 3.92. The molecule has 0 fully saturated rings. The highest BCUT2D eigenvalue weighted by Gasteiger charge is 2.36. The van der Waals surface area contributed by atoms with Gasteiger partial charge in [0.1, 0.15) is 17.1 Å². The summed E-state index contributed by atoms with van der Waals surface area (Å²) in [5, 5.41) is 1.18. The zero-order chi connectivity index (χ0) is 22.7. The number of aromatic nitrogens is 1. The van der Waals surface area contributed by atoms with Crippen molar-refractivity contribution in [1.82, 2.24) is 4.57 Å². The molecular weight excluding hydrogens is 431 g/mol. The molecule has 32 heavy (non-hydrogen) atoms. The van der Waals surface area contributed by atoms with Crippen molar-refractivity contribution < 1.29 is 22.4 Å². The number of hydrogen-bond donors (Lipinski definition) is 0. The number of benzene rings is 3. The summed E-state index contributed by atoms with van der Waals surface area (Å²) >= 11 is 0. The van der Waals surface area contributed by atoms with Gasteiger partial charge in [0.2, 0.25) is 0 Å². The van der Waals surface area contributed by atoms with Crippen molar-refractivity contribution in [1.29, 1.82) is 0 Å². The molecule has 0 N–H and O–H groups in total. The van der Waals surface area contributed by atoms with Crippen LogP contribution >= 0.6 is 7.60 Å². The average molecular weight is 455 g/mol. The van der Waals surface area contributed by atoms with E-state index in [1.165, 1.54) is 24.3 Å². The maximum absolute atomic E-state index is 14.4. The second-order valence-electron chi connectivity index (χ2n) is 7.27. The zero-order valence-electron chi connectivity index (χ0n) is 17.9. The van der Waals surface area contributed by atoms with Crippen molar-refractivity contribution in [2.45, 2.75) is 20.3 Å². The Morgan fingerprint density at radius 2 is 1.44 bits per heavy atom. The number of rotatable bonds is 8. The summed E-state index contributed by atoms with van der Waals surface area (Å²) in [5.74, 6) is -0.794. The van der Waals surface area contributed by atoms with E-state index in [0.717, 1.165) is 5.56 Å². The van der Waals surface area contributed by atoms with Gasteiger partial charge in [-0.1, -0.05) is 30.3 Å². The Hall–Kier alpha value is -2.79. The van der Waals surface area contributed by atoms with Crippen LogP contribution in [0.3, 0.4) is 0 Å². The van der Waals surface area contributed by atoms with Gasteiger partial charge in [-0.3, -0.25) is 4.57 Å². The lowest BCUT2D eigenvalue weighted by atomic mass is 10.1. The molecule has 4 rings (SSSR count). The Bertz CT molecular complexity index is 1260. The van der Waals surface area contributed by atoms with Crippen molar-refractivity contribution in [2.75, 3.05) is 13.2 Å². The Kier molecular flexibility index (Phi) is 6.56. The molecule has 166 valence electrons. The first-order valence-electron chi connectivity index (χ1n) is 10.5. The Labute approximate surface area is 185 Å². The molecule has 7 heteroatoms. The Morgan fingerprint density at radius 3 is 2.06 bits per heavy atom. The largest absolute Gasteiger partial charge is 0.378 e. The second kappa shape index (κ2) is 9.37. The average Bonchev–Trinajstić information content (AvgIpc) is 3.09. The minimum atomic E-state index is -3.78. The van der Waals surface area contributed by atoms with Crippen LogP contribution in [0, 0.1) is 11.6 Å². The van der Waals surface area contributed by atoms with Crippen molar-refractivity contribution >= 4 is 23.8 Å². The molecule has 0 atom stereocenters. The standard InChI is InChI=1S/C25H24F2NO3P/c1-3-30-32(29,31-4-2)25-22-15-12-20(27)17-23(22)24(16-18-8-6-5-7-9-18)28(25)21-13-10-19(26)11-14-21/h5-15,17H,3-4,16H2,1-2H3. The quantitative estimate of drug-likeness (QED) is 0.289. The number of fused-ring (bicyclic) bond motifs is 1. The summed E-state index contributed by atoms with van der Waals surface area (Å²) in [6.07, 6.45) is 0.441. The van der Waals surface area contributed by atoms with Gasteiger partial charge in [0.05, 0.1) is 13.2 Å². The van der Waals surface area contributed by atoms with Crippen LogP contribution in [0.1, 0.15) is 25.1 Å². The van der Waals surface area contributed by atoms with E-state index in [9.17, 15) is 13.3 Å². The normalized spacial score (nSPS) is 11.9. The van der Waals surface area contributed by atoms with Crippen LogP contribution in [-0.4, -0.2) is 17.8 Å². The maximum atomic E-state index is 14.4. The molecule has 4 nitrogen and oxygen atoms in total. The predicted molar refractivity (Wildman–Crippen MR) is 123 cm³/mol. The summed E-state index contributed by atoms with van der Waals surface area (Å²) in [5.41, 5.74) is 2.61. The van der Waals surface area contributed by atoms with Crippen molar-refractivity contribution in [2.24, 2.45) is 0 Å². The summed E-state index contributed by atoms with van der Waals surface area (Å²) in [4.78, 5) is 0. The van der Waals surface area contributed by atoms with E-state index in [1.54, 1.807) is 36.6 Å². The van der Waals surface area contributed by atoms with Gasteiger partial charge in [0.25, 0.3) is 0 Å². The van der Waals surface area contributed by atoms with Crippen LogP contribution in [-0.2, 0) is 20.0 Å². The molecule has 0 spiro atoms. The van der Waals surface area contributed by atoms with E-state index in [2.05, 4.69) is 0 Å². The molecule has 0 aliphatic heterocycles. The molecular formula is C25H24F2NO3P. The van der Waals surface area contributed by atoms with Gasteiger partial charge in [-0.2, -0.15) is 0 Å². The van der Waals surface area contributed by atoms with E-state index in [1.807, 2.05) is 30.3 Å². The van der Waals surface area contributed by atoms with Gasteiger partial charge in [-0.05, 0) is 61.9 Å². The third-order valence-corrected chi connectivity index (χ3v) is 7.33. The fourth-order valence-corrected chi connectivity index (χ4v) is 5.89. The minimum absolute atomic E-state index is 0.169. The summed E-state index contributed by atoms with van der Waals surface area (Å²) in [7, 11) is -3.78. The molecule has 4 aromatic rings. The third kappa shape index (κ3) is 4.26. The summed E-state index contributed by atoms with van der Waals surface area (Å²) < 4.78 is 55.2. The number of nitrogens with zero attached hydrogens (tertiary/aromatic N) is 1. The van der Waals surface area contributed by atoms with Crippen molar-refractivity contribution in [3.63, 3.8) is 0 Å². The molecule has 0 unspecified atom stereocenters. The number of hydrogen-bond acceptors (Lipinski definition) is 3. The number of halogens is 2. The molecule has 0 amide bonds. The van der Waals surface area contributed by atoms with Crippen LogP contribution in [0.2, 0.25) is 0 Å². The van der Waals surface area contributed by atoms with E-state index in [0.29, 0.717) is 34.0 Å². The molecule has 0 aliphatic carbocycles. The molecule has 0 aliphatic rings. The van der Waals surface area contributed by atoms with Crippen LogP contribution in [0.15, 0.2) is 72.8 Å². The van der Waals surface area contributed by atoms with Gasteiger partial charge < -0.3 is 13.6 Å². The van der Waals surface area contributed by atoms with Gasteiger partial charge in [-0.25, -0.2) is 8.78 Å². The Balaban J connectivity index is 2.10. The molecule has 0 radical (unpaired) electrons. The van der Waals surface area contributed by atoms with Gasteiger partial charge >= 0.3 is 7.60 Å². The van der Waals surface area contributed by atoms with E-state index in [4.69, 9.17) is 9.05 Å². The fraction of sp³-hybridized carbons (Fsp3) is 0.200. The van der Waals surface area contributed by atoms with Crippen LogP contribution < -0.4 is 5.44 Å². The van der Waals surface area contributed by atoms with E-state index in [-0.39, 0.29) is 19.0 Å². The van der Waals surface area contributed by atoms with Crippen LogP contribution in [0.25, 0.3) is 16.5 Å². The van der Waals surface area contributed by atoms with Crippen LogP contribution in [0.5, 0.6) is 0 Å². The third-order valence-electron chi connectivity index (χ3n) is 5.17. The van der Waals surface area contributed by atoms with Gasteiger partial charge in [0, 0.05) is 28.6 Å². The zero-order valence-corrected chi connectivity index (χ0v) is 18.8. The molecule has 1 aromatic heterocycles. The predicted octanol–water partition coefficient (Wildman–Crippen LogP) is 6.39. The molecule has 0 bridgehead atoms. The minimum Gasteiger partial charge on any atom is -0.306 e. The summed E-state index contributed by atoms with van der Waals surface area (Å²) in [6.45, 7) is 3.82. The van der Waals surface area contributed by atoms with E-state index >= 15 is 0 Å². The lowest BCUT2D eigenvalue weighted by Gasteiger charge is -2.21. The van der Waals surface area contributed by atoms with E-state index < -0.39 is 13.4 Å². The first-order chi connectivity index (χ1) is 15.5. The van der Waals surface area contributed by atoms with Gasteiger partial charge in [0.15, 0.2) is 0 Å². The monoisotopic (exact) mass is 455 g/mol. The highest BCUT2D eigenvalue weighted by molar-refractivity contribution is 7.62.